The summed E-state index contributed by atoms with van der Waals surface area (Å²) in [5.41, 5.74) is 0.871. The van der Waals surface area contributed by atoms with E-state index in [1.54, 1.807) is 11.3 Å². The van der Waals surface area contributed by atoms with E-state index in [2.05, 4.69) is 28.6 Å². The van der Waals surface area contributed by atoms with Crippen molar-refractivity contribution in [1.82, 2.24) is 19.2 Å². The molecule has 2 fully saturated rings. The molecule has 1 amide bonds. The van der Waals surface area contributed by atoms with Gasteiger partial charge < -0.3 is 9.64 Å². The molecule has 0 bridgehead atoms. The van der Waals surface area contributed by atoms with E-state index in [1.807, 2.05) is 22.2 Å². The normalized spacial score (nSPS) is 28.1. The van der Waals surface area contributed by atoms with Crippen LogP contribution in [0.3, 0.4) is 0 Å². The van der Waals surface area contributed by atoms with Crippen LogP contribution in [-0.2, 0) is 16.0 Å². The Hall–Kier alpha value is -1.44. The molecule has 2 aromatic rings. The van der Waals surface area contributed by atoms with Crippen LogP contribution in [0.25, 0.3) is 4.96 Å². The maximum atomic E-state index is 12.8. The molecular weight excluding hydrogens is 336 g/mol. The number of hydrogen-bond acceptors (Lipinski definition) is 5. The highest BCUT2D eigenvalue weighted by Gasteiger charge is 2.32. The number of likely N-dealkylation sites (tertiary alicyclic amines) is 1. The number of morpholine rings is 1. The zero-order valence-electron chi connectivity index (χ0n) is 14.9. The van der Waals surface area contributed by atoms with E-state index >= 15 is 0 Å². The molecule has 3 unspecified atom stereocenters. The topological polar surface area (TPSA) is 50.1 Å². The van der Waals surface area contributed by atoms with Crippen LogP contribution < -0.4 is 0 Å². The average molecular weight is 362 g/mol. The van der Waals surface area contributed by atoms with Crippen molar-refractivity contribution in [3.63, 3.8) is 0 Å². The van der Waals surface area contributed by atoms with Gasteiger partial charge in [-0.1, -0.05) is 0 Å². The summed E-state index contributed by atoms with van der Waals surface area (Å²) in [6, 6.07) is 0.328. The quantitative estimate of drug-likeness (QED) is 0.835. The van der Waals surface area contributed by atoms with Crippen molar-refractivity contribution in [2.45, 2.75) is 51.4 Å². The summed E-state index contributed by atoms with van der Waals surface area (Å²) in [5, 5.41) is 2.01. The number of nitrogens with zero attached hydrogens (tertiary/aromatic N) is 4. The van der Waals surface area contributed by atoms with E-state index in [0.29, 0.717) is 12.5 Å². The van der Waals surface area contributed by atoms with Crippen molar-refractivity contribution in [3.05, 3.63) is 23.5 Å². The Morgan fingerprint density at radius 2 is 2.16 bits per heavy atom. The van der Waals surface area contributed by atoms with Crippen molar-refractivity contribution in [3.8, 4) is 0 Å². The smallest absolute Gasteiger partial charge is 0.228 e. The second-order valence-electron chi connectivity index (χ2n) is 7.36. The molecule has 2 aliphatic heterocycles. The largest absolute Gasteiger partial charge is 0.373 e. The van der Waals surface area contributed by atoms with Gasteiger partial charge in [0.05, 0.1) is 24.3 Å². The maximum absolute atomic E-state index is 12.8. The molecule has 25 heavy (non-hydrogen) atoms. The minimum Gasteiger partial charge on any atom is -0.373 e. The van der Waals surface area contributed by atoms with E-state index in [-0.39, 0.29) is 18.1 Å². The van der Waals surface area contributed by atoms with E-state index in [4.69, 9.17) is 4.74 Å². The monoisotopic (exact) mass is 362 g/mol. The number of aromatic nitrogens is 2. The van der Waals surface area contributed by atoms with Crippen LogP contribution in [0.5, 0.6) is 0 Å². The standard InChI is InChI=1S/C18H26N4O2S/c1-13-9-20(10-14(2)24-13)12-16-4-3-5-22(16)17(23)8-15-11-21-6-7-25-18(21)19-15/h6-7,11,13-14,16H,3-5,8-10,12H2,1-2H3. The molecule has 4 heterocycles. The Bertz CT molecular complexity index is 704. The Morgan fingerprint density at radius 1 is 1.36 bits per heavy atom. The van der Waals surface area contributed by atoms with E-state index < -0.39 is 0 Å². The van der Waals surface area contributed by atoms with Crippen molar-refractivity contribution < 1.29 is 9.53 Å². The Kier molecular flexibility index (Phi) is 4.80. The summed E-state index contributed by atoms with van der Waals surface area (Å²) in [7, 11) is 0. The van der Waals surface area contributed by atoms with Crippen LogP contribution in [-0.4, -0.2) is 69.5 Å². The van der Waals surface area contributed by atoms with Crippen LogP contribution in [0.1, 0.15) is 32.4 Å². The summed E-state index contributed by atoms with van der Waals surface area (Å²) in [6.45, 7) is 8.01. The summed E-state index contributed by atoms with van der Waals surface area (Å²) in [6.07, 6.45) is 7.11. The molecular formula is C18H26N4O2S. The molecule has 7 heteroatoms. The first-order valence-corrected chi connectivity index (χ1v) is 10.0. The van der Waals surface area contributed by atoms with Gasteiger partial charge >= 0.3 is 0 Å². The molecule has 2 aromatic heterocycles. The molecule has 6 nitrogen and oxygen atoms in total. The van der Waals surface area contributed by atoms with Crippen molar-refractivity contribution in [1.29, 1.82) is 0 Å². The van der Waals surface area contributed by atoms with E-state index in [1.165, 1.54) is 0 Å². The minimum atomic E-state index is 0.211. The lowest BCUT2D eigenvalue weighted by Gasteiger charge is -2.38. The predicted molar refractivity (Wildman–Crippen MR) is 98.0 cm³/mol. The lowest BCUT2D eigenvalue weighted by Crippen LogP contribution is -2.51. The Balaban J connectivity index is 1.38. The van der Waals surface area contributed by atoms with Crippen LogP contribution >= 0.6 is 11.3 Å². The Morgan fingerprint density at radius 3 is 2.92 bits per heavy atom. The third-order valence-electron chi connectivity index (χ3n) is 5.14. The number of rotatable bonds is 4. The first kappa shape index (κ1) is 17.0. The van der Waals surface area contributed by atoms with Gasteiger partial charge in [0.1, 0.15) is 0 Å². The number of carbonyl (C=O) groups is 1. The van der Waals surface area contributed by atoms with Gasteiger partial charge in [0.2, 0.25) is 5.91 Å². The van der Waals surface area contributed by atoms with Crippen molar-refractivity contribution in [2.75, 3.05) is 26.2 Å². The molecule has 0 radical (unpaired) electrons. The minimum absolute atomic E-state index is 0.211. The highest BCUT2D eigenvalue weighted by molar-refractivity contribution is 7.15. The summed E-state index contributed by atoms with van der Waals surface area (Å²) < 4.78 is 7.81. The van der Waals surface area contributed by atoms with E-state index in [9.17, 15) is 4.79 Å². The van der Waals surface area contributed by atoms with Gasteiger partial charge in [-0.3, -0.25) is 14.1 Å². The lowest BCUT2D eigenvalue weighted by molar-refractivity contribution is -0.132. The zero-order chi connectivity index (χ0) is 17.4. The molecule has 0 spiro atoms. The van der Waals surface area contributed by atoms with Gasteiger partial charge in [0, 0.05) is 50.0 Å². The first-order chi connectivity index (χ1) is 12.1. The number of thiazole rings is 1. The number of fused-ring (bicyclic) bond motifs is 1. The second-order valence-corrected chi connectivity index (χ2v) is 8.23. The van der Waals surface area contributed by atoms with Gasteiger partial charge in [-0.25, -0.2) is 4.98 Å². The predicted octanol–water partition coefficient (Wildman–Crippen LogP) is 2.04. The number of ether oxygens (including phenoxy) is 1. The fourth-order valence-corrected chi connectivity index (χ4v) is 4.92. The molecule has 0 N–H and O–H groups in total. The molecule has 0 aromatic carbocycles. The van der Waals surface area contributed by atoms with Gasteiger partial charge in [-0.05, 0) is 26.7 Å². The number of hydrogen-bond donors (Lipinski definition) is 0. The first-order valence-electron chi connectivity index (χ1n) is 9.17. The average Bonchev–Trinajstić information content (AvgIpc) is 3.21. The number of amides is 1. The van der Waals surface area contributed by atoms with Crippen LogP contribution in [0.2, 0.25) is 0 Å². The summed E-state index contributed by atoms with van der Waals surface area (Å²) in [5.74, 6) is 0.211. The highest BCUT2D eigenvalue weighted by atomic mass is 32.1. The third-order valence-corrected chi connectivity index (χ3v) is 5.91. The maximum Gasteiger partial charge on any atom is 0.228 e. The number of carbonyl (C=O) groups excluding carboxylic acids is 1. The van der Waals surface area contributed by atoms with Crippen LogP contribution in [0.15, 0.2) is 17.8 Å². The van der Waals surface area contributed by atoms with Crippen LogP contribution in [0.4, 0.5) is 0 Å². The van der Waals surface area contributed by atoms with Crippen molar-refractivity contribution >= 4 is 22.2 Å². The Labute approximate surface area is 152 Å². The van der Waals surface area contributed by atoms with Crippen molar-refractivity contribution in [2.24, 2.45) is 0 Å². The van der Waals surface area contributed by atoms with Gasteiger partial charge in [-0.15, -0.1) is 11.3 Å². The molecule has 4 rings (SSSR count). The molecule has 136 valence electrons. The molecule has 0 saturated carbocycles. The molecule has 2 saturated heterocycles. The molecule has 2 aliphatic rings. The highest BCUT2D eigenvalue weighted by Crippen LogP contribution is 2.22. The number of imidazole rings is 1. The second kappa shape index (κ2) is 7.05. The summed E-state index contributed by atoms with van der Waals surface area (Å²) in [4.78, 5) is 22.9. The third kappa shape index (κ3) is 3.73. The SMILES string of the molecule is CC1CN(CC2CCCN2C(=O)Cc2cn3ccsc3n2)CC(C)O1. The molecule has 3 atom stereocenters. The lowest BCUT2D eigenvalue weighted by atomic mass is 10.1. The van der Waals surface area contributed by atoms with Gasteiger partial charge in [0.15, 0.2) is 4.96 Å². The fraction of sp³-hybridized carbons (Fsp3) is 0.667. The van der Waals surface area contributed by atoms with Gasteiger partial charge in [-0.2, -0.15) is 0 Å². The van der Waals surface area contributed by atoms with Gasteiger partial charge in [0.25, 0.3) is 0 Å². The fourth-order valence-electron chi connectivity index (χ4n) is 4.20. The zero-order valence-corrected chi connectivity index (χ0v) is 15.7. The molecule has 0 aliphatic carbocycles. The summed E-state index contributed by atoms with van der Waals surface area (Å²) >= 11 is 1.60. The van der Waals surface area contributed by atoms with E-state index in [0.717, 1.165) is 49.7 Å². The van der Waals surface area contributed by atoms with Crippen LogP contribution in [0, 0.1) is 0 Å².